The van der Waals surface area contributed by atoms with E-state index in [-0.39, 0.29) is 5.60 Å². The van der Waals surface area contributed by atoms with Crippen molar-refractivity contribution in [1.29, 1.82) is 0 Å². The summed E-state index contributed by atoms with van der Waals surface area (Å²) in [6.45, 7) is 7.03. The van der Waals surface area contributed by atoms with Gasteiger partial charge in [0.2, 0.25) is 0 Å². The van der Waals surface area contributed by atoms with E-state index in [1.165, 1.54) is 0 Å². The van der Waals surface area contributed by atoms with Gasteiger partial charge in [-0.2, -0.15) is 5.10 Å². The highest BCUT2D eigenvalue weighted by Crippen LogP contribution is 2.34. The summed E-state index contributed by atoms with van der Waals surface area (Å²) >= 11 is 2.26. The molecule has 90 valence electrons. The fourth-order valence-electron chi connectivity index (χ4n) is 2.23. The van der Waals surface area contributed by atoms with Gasteiger partial charge in [-0.25, -0.2) is 4.68 Å². The first-order valence-electron chi connectivity index (χ1n) is 5.55. The van der Waals surface area contributed by atoms with Crippen molar-refractivity contribution in [3.05, 3.63) is 9.26 Å². The molecule has 1 aliphatic heterocycles. The standard InChI is InChI=1S/C11H18IN3O/c1-7-9(12)10(13)15(14-7)8-4-5-16-11(2,3)6-8/h8H,4-6,13H2,1-3H3. The molecular weight excluding hydrogens is 317 g/mol. The van der Waals surface area contributed by atoms with E-state index in [1.54, 1.807) is 0 Å². The zero-order valence-electron chi connectivity index (χ0n) is 9.96. The van der Waals surface area contributed by atoms with Crippen molar-refractivity contribution in [3.63, 3.8) is 0 Å². The van der Waals surface area contributed by atoms with Crippen molar-refractivity contribution in [2.75, 3.05) is 12.3 Å². The minimum atomic E-state index is -0.0688. The lowest BCUT2D eigenvalue weighted by Crippen LogP contribution is -2.35. The normalized spacial score (nSPS) is 24.6. The number of hydrogen-bond acceptors (Lipinski definition) is 3. The van der Waals surface area contributed by atoms with Gasteiger partial charge in [0.05, 0.1) is 20.9 Å². The van der Waals surface area contributed by atoms with Crippen LogP contribution in [-0.2, 0) is 4.74 Å². The number of aromatic nitrogens is 2. The monoisotopic (exact) mass is 335 g/mol. The first-order valence-corrected chi connectivity index (χ1v) is 6.62. The quantitative estimate of drug-likeness (QED) is 0.803. The van der Waals surface area contributed by atoms with Crippen LogP contribution in [0.4, 0.5) is 5.82 Å². The Labute approximate surface area is 110 Å². The summed E-state index contributed by atoms with van der Waals surface area (Å²) in [4.78, 5) is 0. The van der Waals surface area contributed by atoms with Crippen LogP contribution >= 0.6 is 22.6 Å². The van der Waals surface area contributed by atoms with Crippen molar-refractivity contribution in [2.24, 2.45) is 0 Å². The van der Waals surface area contributed by atoms with Gasteiger partial charge < -0.3 is 10.5 Å². The molecule has 0 saturated carbocycles. The van der Waals surface area contributed by atoms with E-state index in [1.807, 2.05) is 11.6 Å². The molecule has 2 N–H and O–H groups in total. The molecule has 0 aromatic carbocycles. The van der Waals surface area contributed by atoms with Gasteiger partial charge in [0.25, 0.3) is 0 Å². The van der Waals surface area contributed by atoms with Crippen LogP contribution in [0.5, 0.6) is 0 Å². The lowest BCUT2D eigenvalue weighted by atomic mass is 9.94. The number of nitrogens with two attached hydrogens (primary N) is 1. The first-order chi connectivity index (χ1) is 7.41. The number of nitrogen functional groups attached to an aromatic ring is 1. The zero-order valence-corrected chi connectivity index (χ0v) is 12.1. The van der Waals surface area contributed by atoms with Crippen molar-refractivity contribution >= 4 is 28.4 Å². The molecule has 1 unspecified atom stereocenters. The molecule has 1 aromatic heterocycles. The van der Waals surface area contributed by atoms with E-state index in [0.717, 1.165) is 34.5 Å². The molecular formula is C11H18IN3O. The van der Waals surface area contributed by atoms with E-state index < -0.39 is 0 Å². The van der Waals surface area contributed by atoms with Crippen molar-refractivity contribution < 1.29 is 4.74 Å². The van der Waals surface area contributed by atoms with Gasteiger partial charge in [0, 0.05) is 6.61 Å². The minimum absolute atomic E-state index is 0.0688. The van der Waals surface area contributed by atoms with Crippen LogP contribution in [0.25, 0.3) is 0 Å². The Hall–Kier alpha value is -0.300. The number of nitrogens with zero attached hydrogens (tertiary/aromatic N) is 2. The molecule has 0 spiro atoms. The molecule has 2 heterocycles. The Bertz CT molecular complexity index is 400. The van der Waals surface area contributed by atoms with E-state index in [0.29, 0.717) is 6.04 Å². The average molecular weight is 335 g/mol. The summed E-state index contributed by atoms with van der Waals surface area (Å²) < 4.78 is 8.75. The van der Waals surface area contributed by atoms with Crippen LogP contribution in [0.1, 0.15) is 38.4 Å². The van der Waals surface area contributed by atoms with Gasteiger partial charge in [-0.15, -0.1) is 0 Å². The molecule has 5 heteroatoms. The SMILES string of the molecule is Cc1nn(C2CCOC(C)(C)C2)c(N)c1I. The molecule has 1 fully saturated rings. The number of aryl methyl sites for hydroxylation is 1. The molecule has 4 nitrogen and oxygen atoms in total. The minimum Gasteiger partial charge on any atom is -0.383 e. The molecule has 16 heavy (non-hydrogen) atoms. The second kappa shape index (κ2) is 4.18. The summed E-state index contributed by atoms with van der Waals surface area (Å²) in [5.74, 6) is 0.792. The highest BCUT2D eigenvalue weighted by Gasteiger charge is 2.31. The Morgan fingerprint density at radius 1 is 1.56 bits per heavy atom. The van der Waals surface area contributed by atoms with Crippen molar-refractivity contribution in [2.45, 2.75) is 45.3 Å². The van der Waals surface area contributed by atoms with Crippen LogP contribution < -0.4 is 5.73 Å². The largest absolute Gasteiger partial charge is 0.383 e. The van der Waals surface area contributed by atoms with Crippen molar-refractivity contribution in [1.82, 2.24) is 9.78 Å². The smallest absolute Gasteiger partial charge is 0.135 e. The zero-order chi connectivity index (χ0) is 11.9. The van der Waals surface area contributed by atoms with Crippen LogP contribution in [-0.4, -0.2) is 22.0 Å². The maximum Gasteiger partial charge on any atom is 0.135 e. The lowest BCUT2D eigenvalue weighted by Gasteiger charge is -2.35. The molecule has 1 aliphatic rings. The molecule has 1 atom stereocenters. The van der Waals surface area contributed by atoms with Crippen molar-refractivity contribution in [3.8, 4) is 0 Å². The third-order valence-corrected chi connectivity index (χ3v) is 4.40. The van der Waals surface area contributed by atoms with Crippen LogP contribution in [0, 0.1) is 10.5 Å². The van der Waals surface area contributed by atoms with Crippen LogP contribution in [0.2, 0.25) is 0 Å². The van der Waals surface area contributed by atoms with E-state index in [9.17, 15) is 0 Å². The number of rotatable bonds is 1. The molecule has 1 aromatic rings. The van der Waals surface area contributed by atoms with Crippen LogP contribution in [0.15, 0.2) is 0 Å². The van der Waals surface area contributed by atoms with Gasteiger partial charge in [-0.3, -0.25) is 0 Å². The van der Waals surface area contributed by atoms with Gasteiger partial charge in [-0.05, 0) is 56.2 Å². The molecule has 0 aliphatic carbocycles. The summed E-state index contributed by atoms with van der Waals surface area (Å²) in [6, 6.07) is 0.367. The number of ether oxygens (including phenoxy) is 1. The second-order valence-corrected chi connectivity index (χ2v) is 6.06. The summed E-state index contributed by atoms with van der Waals surface area (Å²) in [5.41, 5.74) is 7.02. The predicted octanol–water partition coefficient (Wildman–Crippen LogP) is 2.51. The fourth-order valence-corrected chi connectivity index (χ4v) is 2.59. The Kier molecular flexibility index (Phi) is 3.18. The van der Waals surface area contributed by atoms with Gasteiger partial charge in [0.1, 0.15) is 5.82 Å². The van der Waals surface area contributed by atoms with Gasteiger partial charge >= 0.3 is 0 Å². The van der Waals surface area contributed by atoms with Gasteiger partial charge in [0.15, 0.2) is 0 Å². The molecule has 0 radical (unpaired) electrons. The topological polar surface area (TPSA) is 53.1 Å². The number of hydrogen-bond donors (Lipinski definition) is 1. The third-order valence-electron chi connectivity index (χ3n) is 3.06. The van der Waals surface area contributed by atoms with Crippen LogP contribution in [0.3, 0.4) is 0 Å². The highest BCUT2D eigenvalue weighted by atomic mass is 127. The number of halogens is 1. The lowest BCUT2D eigenvalue weighted by molar-refractivity contribution is -0.0704. The second-order valence-electron chi connectivity index (χ2n) is 4.98. The highest BCUT2D eigenvalue weighted by molar-refractivity contribution is 14.1. The number of anilines is 1. The maximum atomic E-state index is 6.07. The molecule has 0 amide bonds. The molecule has 2 rings (SSSR count). The molecule has 1 saturated heterocycles. The van der Waals surface area contributed by atoms with E-state index in [4.69, 9.17) is 10.5 Å². The maximum absolute atomic E-state index is 6.07. The third kappa shape index (κ3) is 2.20. The summed E-state index contributed by atoms with van der Waals surface area (Å²) in [6.07, 6.45) is 1.96. The Balaban J connectivity index is 2.27. The average Bonchev–Trinajstić information content (AvgIpc) is 2.45. The molecule has 0 bridgehead atoms. The van der Waals surface area contributed by atoms with E-state index in [2.05, 4.69) is 41.5 Å². The Morgan fingerprint density at radius 2 is 2.25 bits per heavy atom. The van der Waals surface area contributed by atoms with E-state index >= 15 is 0 Å². The summed E-state index contributed by atoms with van der Waals surface area (Å²) in [7, 11) is 0. The first kappa shape index (κ1) is 12.2. The predicted molar refractivity (Wildman–Crippen MR) is 72.4 cm³/mol. The Morgan fingerprint density at radius 3 is 2.75 bits per heavy atom. The fraction of sp³-hybridized carbons (Fsp3) is 0.727. The summed E-state index contributed by atoms with van der Waals surface area (Å²) in [5, 5.41) is 4.53. The van der Waals surface area contributed by atoms with Gasteiger partial charge in [-0.1, -0.05) is 0 Å².